The molecule has 0 amide bonds. The van der Waals surface area contributed by atoms with Crippen molar-refractivity contribution in [3.8, 4) is 0 Å². The zero-order chi connectivity index (χ0) is 5.11. The molecular formula is C6H12CaO. The molecule has 1 N–H and O–H groups in total. The minimum absolute atomic E-state index is 0. The Labute approximate surface area is 80.5 Å². The number of rotatable bonds is 0. The average Bonchev–Trinajstić information content (AvgIpc) is 1.69. The van der Waals surface area contributed by atoms with Gasteiger partial charge in [0.25, 0.3) is 0 Å². The average molecular weight is 140 g/mol. The normalized spacial score (nSPS) is 22.1. The molecule has 0 heterocycles. The van der Waals surface area contributed by atoms with E-state index in [9.17, 15) is 0 Å². The van der Waals surface area contributed by atoms with Gasteiger partial charge in [-0.2, -0.15) is 0 Å². The smallest absolute Gasteiger partial charge is 0.0540 e. The molecule has 0 bridgehead atoms. The van der Waals surface area contributed by atoms with E-state index >= 15 is 0 Å². The third-order valence-electron chi connectivity index (χ3n) is 1.57. The molecule has 1 fully saturated rings. The Balaban J connectivity index is 0.000000490. The third kappa shape index (κ3) is 3.29. The van der Waals surface area contributed by atoms with E-state index < -0.39 is 0 Å². The molecule has 1 aliphatic carbocycles. The van der Waals surface area contributed by atoms with Crippen LogP contribution in [0.5, 0.6) is 0 Å². The molecule has 1 rings (SSSR count). The summed E-state index contributed by atoms with van der Waals surface area (Å²) in [6, 6.07) is 0. The molecule has 0 spiro atoms. The van der Waals surface area contributed by atoms with Gasteiger partial charge in [0.05, 0.1) is 6.10 Å². The fourth-order valence-corrected chi connectivity index (χ4v) is 1.08. The Hall–Kier alpha value is 1.22. The van der Waals surface area contributed by atoms with Gasteiger partial charge in [-0.1, -0.05) is 19.3 Å². The maximum absolute atomic E-state index is 8.91. The summed E-state index contributed by atoms with van der Waals surface area (Å²) in [4.78, 5) is 0. The standard InChI is InChI=1S/C6H12O.Ca/c7-6-4-2-1-3-5-6;/h6-7H,1-5H2;. The van der Waals surface area contributed by atoms with Crippen molar-refractivity contribution in [3.05, 3.63) is 0 Å². The van der Waals surface area contributed by atoms with E-state index in [1.807, 2.05) is 0 Å². The fourth-order valence-electron chi connectivity index (χ4n) is 1.08. The molecular weight excluding hydrogens is 128 g/mol. The first-order valence-corrected chi connectivity index (χ1v) is 3.07. The van der Waals surface area contributed by atoms with Crippen molar-refractivity contribution in [1.29, 1.82) is 0 Å². The maximum atomic E-state index is 8.91. The number of aliphatic hydroxyl groups excluding tert-OH is 1. The second-order valence-corrected chi connectivity index (χ2v) is 2.29. The maximum Gasteiger partial charge on any atom is 0.0540 e. The van der Waals surface area contributed by atoms with E-state index in [1.54, 1.807) is 0 Å². The van der Waals surface area contributed by atoms with Crippen molar-refractivity contribution < 1.29 is 5.11 Å². The molecule has 1 aliphatic rings. The van der Waals surface area contributed by atoms with Crippen LogP contribution in [-0.2, 0) is 0 Å². The van der Waals surface area contributed by atoms with Crippen molar-refractivity contribution >= 4 is 37.7 Å². The number of hydrogen-bond acceptors (Lipinski definition) is 1. The van der Waals surface area contributed by atoms with Gasteiger partial charge in [0.15, 0.2) is 0 Å². The van der Waals surface area contributed by atoms with Crippen molar-refractivity contribution in [3.63, 3.8) is 0 Å². The SMILES string of the molecule is OC1CCCCC1.[Ca]. The molecule has 0 unspecified atom stereocenters. The van der Waals surface area contributed by atoms with Gasteiger partial charge in [-0.3, -0.25) is 0 Å². The summed E-state index contributed by atoms with van der Waals surface area (Å²) < 4.78 is 0. The van der Waals surface area contributed by atoms with Gasteiger partial charge in [-0.05, 0) is 12.8 Å². The molecule has 0 atom stereocenters. The summed E-state index contributed by atoms with van der Waals surface area (Å²) in [6.45, 7) is 0. The van der Waals surface area contributed by atoms with Crippen LogP contribution in [0.4, 0.5) is 0 Å². The summed E-state index contributed by atoms with van der Waals surface area (Å²) >= 11 is 0. The summed E-state index contributed by atoms with van der Waals surface area (Å²) in [5.41, 5.74) is 0. The molecule has 2 radical (unpaired) electrons. The molecule has 44 valence electrons. The molecule has 0 aromatic rings. The van der Waals surface area contributed by atoms with Gasteiger partial charge in [0.1, 0.15) is 0 Å². The largest absolute Gasteiger partial charge is 0.393 e. The van der Waals surface area contributed by atoms with Crippen LogP contribution in [0.15, 0.2) is 0 Å². The molecule has 0 saturated heterocycles. The van der Waals surface area contributed by atoms with Crippen LogP contribution in [-0.4, -0.2) is 48.9 Å². The zero-order valence-electron chi connectivity index (χ0n) is 5.27. The molecule has 8 heavy (non-hydrogen) atoms. The van der Waals surface area contributed by atoms with Crippen LogP contribution >= 0.6 is 0 Å². The van der Waals surface area contributed by atoms with Gasteiger partial charge in [0, 0.05) is 37.7 Å². The van der Waals surface area contributed by atoms with Crippen molar-refractivity contribution in [2.45, 2.75) is 38.2 Å². The summed E-state index contributed by atoms with van der Waals surface area (Å²) in [5.74, 6) is 0. The van der Waals surface area contributed by atoms with E-state index in [-0.39, 0.29) is 43.8 Å². The van der Waals surface area contributed by atoms with Gasteiger partial charge in [-0.25, -0.2) is 0 Å². The molecule has 2 heteroatoms. The number of hydrogen-bond donors (Lipinski definition) is 1. The monoisotopic (exact) mass is 140 g/mol. The predicted molar refractivity (Wildman–Crippen MR) is 34.8 cm³/mol. The molecule has 0 aromatic carbocycles. The summed E-state index contributed by atoms with van der Waals surface area (Å²) in [7, 11) is 0. The van der Waals surface area contributed by atoms with Gasteiger partial charge >= 0.3 is 0 Å². The van der Waals surface area contributed by atoms with E-state index in [1.165, 1.54) is 19.3 Å². The summed E-state index contributed by atoms with van der Waals surface area (Å²) in [5, 5.41) is 8.91. The first-order valence-electron chi connectivity index (χ1n) is 3.07. The zero-order valence-corrected chi connectivity index (χ0v) is 7.48. The van der Waals surface area contributed by atoms with Crippen LogP contribution in [0.1, 0.15) is 32.1 Å². The second kappa shape index (κ2) is 5.04. The Morgan fingerprint density at radius 2 is 1.50 bits per heavy atom. The Kier molecular flexibility index (Phi) is 5.81. The minimum Gasteiger partial charge on any atom is -0.393 e. The molecule has 1 nitrogen and oxygen atoms in total. The first-order chi connectivity index (χ1) is 3.39. The van der Waals surface area contributed by atoms with Gasteiger partial charge < -0.3 is 5.11 Å². The Bertz CT molecular complexity index is 50.5. The van der Waals surface area contributed by atoms with Crippen molar-refractivity contribution in [1.82, 2.24) is 0 Å². The van der Waals surface area contributed by atoms with E-state index in [0.717, 1.165) is 12.8 Å². The van der Waals surface area contributed by atoms with Crippen LogP contribution in [0.2, 0.25) is 0 Å². The topological polar surface area (TPSA) is 20.2 Å². The predicted octanol–water partition coefficient (Wildman–Crippen LogP) is 0.931. The van der Waals surface area contributed by atoms with Crippen LogP contribution < -0.4 is 0 Å². The number of aliphatic hydroxyl groups is 1. The van der Waals surface area contributed by atoms with Crippen LogP contribution in [0.3, 0.4) is 0 Å². The van der Waals surface area contributed by atoms with Crippen LogP contribution in [0.25, 0.3) is 0 Å². The van der Waals surface area contributed by atoms with Crippen molar-refractivity contribution in [2.75, 3.05) is 0 Å². The van der Waals surface area contributed by atoms with Gasteiger partial charge in [0.2, 0.25) is 0 Å². The fraction of sp³-hybridized carbons (Fsp3) is 1.00. The van der Waals surface area contributed by atoms with Crippen molar-refractivity contribution in [2.24, 2.45) is 0 Å². The van der Waals surface area contributed by atoms with E-state index in [0.29, 0.717) is 0 Å². The van der Waals surface area contributed by atoms with Crippen LogP contribution in [0, 0.1) is 0 Å². The molecule has 1 saturated carbocycles. The minimum atomic E-state index is 0. The summed E-state index contributed by atoms with van der Waals surface area (Å²) in [6.07, 6.45) is 5.92. The molecule has 0 aromatic heterocycles. The first kappa shape index (κ1) is 9.22. The van der Waals surface area contributed by atoms with E-state index in [4.69, 9.17) is 5.11 Å². The Morgan fingerprint density at radius 1 is 1.00 bits per heavy atom. The third-order valence-corrected chi connectivity index (χ3v) is 1.57. The second-order valence-electron chi connectivity index (χ2n) is 2.29. The van der Waals surface area contributed by atoms with Gasteiger partial charge in [-0.15, -0.1) is 0 Å². The molecule has 0 aliphatic heterocycles. The Morgan fingerprint density at radius 3 is 1.75 bits per heavy atom. The van der Waals surface area contributed by atoms with E-state index in [2.05, 4.69) is 0 Å². The quantitative estimate of drug-likeness (QED) is 0.496.